The second-order valence-electron chi connectivity index (χ2n) is 4.92. The molecule has 1 saturated heterocycles. The Kier molecular flexibility index (Phi) is 4.71. The Morgan fingerprint density at radius 1 is 1.25 bits per heavy atom. The molecule has 0 aromatic heterocycles. The molecule has 1 aromatic carbocycles. The Bertz CT molecular complexity index is 475. The van der Waals surface area contributed by atoms with Crippen molar-refractivity contribution in [2.45, 2.75) is 12.8 Å². The van der Waals surface area contributed by atoms with Crippen molar-refractivity contribution in [3.63, 3.8) is 0 Å². The van der Waals surface area contributed by atoms with E-state index in [9.17, 15) is 4.79 Å². The molecule has 1 fully saturated rings. The van der Waals surface area contributed by atoms with Gasteiger partial charge in [-0.1, -0.05) is 0 Å². The summed E-state index contributed by atoms with van der Waals surface area (Å²) in [6, 6.07) is 5.89. The van der Waals surface area contributed by atoms with Gasteiger partial charge in [-0.3, -0.25) is 4.79 Å². The summed E-state index contributed by atoms with van der Waals surface area (Å²) >= 11 is 0. The molecule has 5 heteroatoms. The largest absolute Gasteiger partial charge is 0.493 e. The number of esters is 1. The molecular formula is C15H21NO4. The van der Waals surface area contributed by atoms with Crippen molar-refractivity contribution in [3.8, 4) is 11.5 Å². The lowest BCUT2D eigenvalue weighted by Gasteiger charge is -2.20. The zero-order chi connectivity index (χ0) is 14.5. The van der Waals surface area contributed by atoms with Gasteiger partial charge in [-0.15, -0.1) is 0 Å². The lowest BCUT2D eigenvalue weighted by atomic mass is 10.1. The SMILES string of the molecule is COC(=O)CC1CCN(c2ccc(OC)c(OC)c2)C1. The van der Waals surface area contributed by atoms with Gasteiger partial charge >= 0.3 is 5.97 Å². The topological polar surface area (TPSA) is 48.0 Å². The van der Waals surface area contributed by atoms with Crippen LogP contribution < -0.4 is 14.4 Å². The minimum absolute atomic E-state index is 0.135. The van der Waals surface area contributed by atoms with E-state index in [-0.39, 0.29) is 5.97 Å². The summed E-state index contributed by atoms with van der Waals surface area (Å²) in [4.78, 5) is 13.6. The number of benzene rings is 1. The molecule has 0 aliphatic carbocycles. The van der Waals surface area contributed by atoms with Gasteiger partial charge in [0.05, 0.1) is 27.8 Å². The van der Waals surface area contributed by atoms with Crippen molar-refractivity contribution in [2.24, 2.45) is 5.92 Å². The average molecular weight is 279 g/mol. The molecule has 2 rings (SSSR count). The zero-order valence-electron chi connectivity index (χ0n) is 12.2. The molecule has 1 unspecified atom stereocenters. The predicted molar refractivity (Wildman–Crippen MR) is 76.5 cm³/mol. The van der Waals surface area contributed by atoms with Crippen LogP contribution in [0.1, 0.15) is 12.8 Å². The van der Waals surface area contributed by atoms with Gasteiger partial charge in [0.25, 0.3) is 0 Å². The molecule has 1 heterocycles. The van der Waals surface area contributed by atoms with Crippen LogP contribution in [-0.4, -0.2) is 40.4 Å². The molecule has 0 N–H and O–H groups in total. The van der Waals surface area contributed by atoms with E-state index in [2.05, 4.69) is 4.90 Å². The third-order valence-electron chi connectivity index (χ3n) is 3.70. The summed E-state index contributed by atoms with van der Waals surface area (Å²) in [6.07, 6.45) is 1.49. The first kappa shape index (κ1) is 14.5. The van der Waals surface area contributed by atoms with Crippen molar-refractivity contribution < 1.29 is 19.0 Å². The average Bonchev–Trinajstić information content (AvgIpc) is 2.94. The highest BCUT2D eigenvalue weighted by atomic mass is 16.5. The molecule has 0 bridgehead atoms. The van der Waals surface area contributed by atoms with Gasteiger partial charge in [-0.2, -0.15) is 0 Å². The highest BCUT2D eigenvalue weighted by Gasteiger charge is 2.25. The van der Waals surface area contributed by atoms with Gasteiger partial charge in [-0.05, 0) is 24.5 Å². The number of carbonyl (C=O) groups excluding carboxylic acids is 1. The first-order chi connectivity index (χ1) is 9.67. The van der Waals surface area contributed by atoms with E-state index in [1.165, 1.54) is 7.11 Å². The van der Waals surface area contributed by atoms with Crippen molar-refractivity contribution in [2.75, 3.05) is 39.3 Å². The van der Waals surface area contributed by atoms with E-state index in [1.807, 2.05) is 18.2 Å². The molecule has 1 aliphatic rings. The number of nitrogens with zero attached hydrogens (tertiary/aromatic N) is 1. The number of rotatable bonds is 5. The van der Waals surface area contributed by atoms with Crippen LogP contribution in [0, 0.1) is 5.92 Å². The third-order valence-corrected chi connectivity index (χ3v) is 3.70. The number of anilines is 1. The molecule has 20 heavy (non-hydrogen) atoms. The smallest absolute Gasteiger partial charge is 0.305 e. The van der Waals surface area contributed by atoms with Crippen LogP contribution in [0.2, 0.25) is 0 Å². The Morgan fingerprint density at radius 3 is 2.65 bits per heavy atom. The normalized spacial score (nSPS) is 17.9. The Balaban J connectivity index is 2.04. The van der Waals surface area contributed by atoms with Crippen LogP contribution in [0.15, 0.2) is 18.2 Å². The fourth-order valence-electron chi connectivity index (χ4n) is 2.57. The minimum atomic E-state index is -0.135. The number of carbonyl (C=O) groups is 1. The first-order valence-electron chi connectivity index (χ1n) is 6.71. The molecule has 0 spiro atoms. The van der Waals surface area contributed by atoms with E-state index >= 15 is 0 Å². The Labute approximate surface area is 119 Å². The number of hydrogen-bond donors (Lipinski definition) is 0. The lowest BCUT2D eigenvalue weighted by molar-refractivity contribution is -0.141. The van der Waals surface area contributed by atoms with Gasteiger partial charge in [0.15, 0.2) is 11.5 Å². The van der Waals surface area contributed by atoms with Crippen LogP contribution >= 0.6 is 0 Å². The van der Waals surface area contributed by atoms with E-state index in [1.54, 1.807) is 14.2 Å². The summed E-state index contributed by atoms with van der Waals surface area (Å²) < 4.78 is 15.3. The van der Waals surface area contributed by atoms with E-state index in [0.29, 0.717) is 12.3 Å². The molecule has 1 atom stereocenters. The van der Waals surface area contributed by atoms with Crippen LogP contribution in [0.5, 0.6) is 11.5 Å². The van der Waals surface area contributed by atoms with Crippen molar-refractivity contribution in [3.05, 3.63) is 18.2 Å². The van der Waals surface area contributed by atoms with Gasteiger partial charge in [0.2, 0.25) is 0 Å². The fourth-order valence-corrected chi connectivity index (χ4v) is 2.57. The molecule has 1 aliphatic heterocycles. The van der Waals surface area contributed by atoms with Gasteiger partial charge in [-0.25, -0.2) is 0 Å². The highest BCUT2D eigenvalue weighted by Crippen LogP contribution is 2.34. The summed E-state index contributed by atoms with van der Waals surface area (Å²) in [5.74, 6) is 1.67. The van der Waals surface area contributed by atoms with Crippen molar-refractivity contribution in [1.29, 1.82) is 0 Å². The molecule has 0 amide bonds. The van der Waals surface area contributed by atoms with Gasteiger partial charge in [0, 0.05) is 24.8 Å². The standard InChI is InChI=1S/C15H21NO4/c1-18-13-5-4-12(9-14(13)19-2)16-7-6-11(10-16)8-15(17)20-3/h4-5,9,11H,6-8,10H2,1-3H3. The quantitative estimate of drug-likeness (QED) is 0.772. The molecule has 110 valence electrons. The second-order valence-corrected chi connectivity index (χ2v) is 4.92. The van der Waals surface area contributed by atoms with Crippen molar-refractivity contribution in [1.82, 2.24) is 0 Å². The summed E-state index contributed by atoms with van der Waals surface area (Å²) in [7, 11) is 4.69. The number of methoxy groups -OCH3 is 3. The van der Waals surface area contributed by atoms with Gasteiger partial charge < -0.3 is 19.1 Å². The number of hydrogen-bond acceptors (Lipinski definition) is 5. The molecule has 5 nitrogen and oxygen atoms in total. The molecule has 1 aromatic rings. The first-order valence-corrected chi connectivity index (χ1v) is 6.71. The maximum atomic E-state index is 11.3. The van der Waals surface area contributed by atoms with Crippen LogP contribution in [0.3, 0.4) is 0 Å². The Morgan fingerprint density at radius 2 is 2.00 bits per heavy atom. The summed E-state index contributed by atoms with van der Waals surface area (Å²) in [6.45, 7) is 1.81. The van der Waals surface area contributed by atoms with E-state index in [0.717, 1.165) is 36.7 Å². The maximum Gasteiger partial charge on any atom is 0.305 e. The number of ether oxygens (including phenoxy) is 3. The van der Waals surface area contributed by atoms with E-state index < -0.39 is 0 Å². The lowest BCUT2D eigenvalue weighted by Crippen LogP contribution is -2.20. The Hall–Kier alpha value is -1.91. The van der Waals surface area contributed by atoms with Crippen LogP contribution in [-0.2, 0) is 9.53 Å². The van der Waals surface area contributed by atoms with Crippen LogP contribution in [0.4, 0.5) is 5.69 Å². The van der Waals surface area contributed by atoms with Crippen LogP contribution in [0.25, 0.3) is 0 Å². The molecule has 0 saturated carbocycles. The minimum Gasteiger partial charge on any atom is -0.493 e. The summed E-state index contributed by atoms with van der Waals surface area (Å²) in [5, 5.41) is 0. The fraction of sp³-hybridized carbons (Fsp3) is 0.533. The van der Waals surface area contributed by atoms with E-state index in [4.69, 9.17) is 14.2 Å². The molecular weight excluding hydrogens is 258 g/mol. The van der Waals surface area contributed by atoms with Crippen molar-refractivity contribution >= 4 is 11.7 Å². The van der Waals surface area contributed by atoms with Gasteiger partial charge in [0.1, 0.15) is 0 Å². The third kappa shape index (κ3) is 3.15. The zero-order valence-corrected chi connectivity index (χ0v) is 12.2. The predicted octanol–water partition coefficient (Wildman–Crippen LogP) is 2.09. The summed E-state index contributed by atoms with van der Waals surface area (Å²) in [5.41, 5.74) is 1.09. The second kappa shape index (κ2) is 6.50. The maximum absolute atomic E-state index is 11.3. The highest BCUT2D eigenvalue weighted by molar-refractivity contribution is 5.69. The molecule has 0 radical (unpaired) electrons. The monoisotopic (exact) mass is 279 g/mol.